The normalized spacial score (nSPS) is 31.0. The lowest BCUT2D eigenvalue weighted by atomic mass is 9.76. The summed E-state index contributed by atoms with van der Waals surface area (Å²) >= 11 is 0. The van der Waals surface area contributed by atoms with Crippen LogP contribution < -0.4 is 11.1 Å². The Bertz CT molecular complexity index is 329. The molecule has 2 atom stereocenters. The van der Waals surface area contributed by atoms with Gasteiger partial charge in [-0.05, 0) is 38.0 Å². The van der Waals surface area contributed by atoms with E-state index in [1.807, 2.05) is 0 Å². The molecule has 1 amide bonds. The van der Waals surface area contributed by atoms with Gasteiger partial charge in [0.05, 0.1) is 11.6 Å². The molecule has 0 radical (unpaired) electrons. The van der Waals surface area contributed by atoms with Gasteiger partial charge in [-0.1, -0.05) is 39.0 Å². The van der Waals surface area contributed by atoms with E-state index < -0.39 is 5.54 Å². The van der Waals surface area contributed by atoms with Crippen LogP contribution in [0.5, 0.6) is 0 Å². The summed E-state index contributed by atoms with van der Waals surface area (Å²) in [6.07, 6.45) is 11.6. The first-order valence-corrected chi connectivity index (χ1v) is 8.79. The molecule has 0 aromatic rings. The third-order valence-corrected chi connectivity index (χ3v) is 5.00. The lowest BCUT2D eigenvalue weighted by molar-refractivity contribution is -0.128. The summed E-state index contributed by atoms with van der Waals surface area (Å²) in [5.41, 5.74) is 5.64. The smallest absolute Gasteiger partial charge is 0.240 e. The molecule has 0 aliphatic heterocycles. The molecule has 2 unspecified atom stereocenters. The minimum absolute atomic E-state index is 0.0340. The first kappa shape index (κ1) is 16.8. The Balaban J connectivity index is 1.58. The fraction of sp³-hybridized carbons (Fsp3) is 0.941. The zero-order valence-corrected chi connectivity index (χ0v) is 13.5. The van der Waals surface area contributed by atoms with Crippen molar-refractivity contribution in [2.45, 2.75) is 82.8 Å². The Morgan fingerprint density at radius 1 is 1.24 bits per heavy atom. The van der Waals surface area contributed by atoms with Gasteiger partial charge < -0.3 is 15.8 Å². The summed E-state index contributed by atoms with van der Waals surface area (Å²) in [5, 5.41) is 3.01. The Morgan fingerprint density at radius 2 is 2.00 bits per heavy atom. The Kier molecular flexibility index (Phi) is 6.49. The summed E-state index contributed by atoms with van der Waals surface area (Å²) in [6, 6.07) is 0. The van der Waals surface area contributed by atoms with Gasteiger partial charge in [0.25, 0.3) is 0 Å². The molecule has 3 N–H and O–H groups in total. The van der Waals surface area contributed by atoms with Gasteiger partial charge >= 0.3 is 0 Å². The Labute approximate surface area is 129 Å². The number of carbonyl (C=O) groups excluding carboxylic acids is 1. The highest BCUT2D eigenvalue weighted by Crippen LogP contribution is 2.30. The molecule has 0 heterocycles. The fourth-order valence-electron chi connectivity index (χ4n) is 3.73. The molecule has 122 valence electrons. The van der Waals surface area contributed by atoms with E-state index in [1.54, 1.807) is 0 Å². The molecule has 2 fully saturated rings. The highest BCUT2D eigenvalue weighted by Gasteiger charge is 2.37. The summed E-state index contributed by atoms with van der Waals surface area (Å²) in [7, 11) is 0. The van der Waals surface area contributed by atoms with Crippen molar-refractivity contribution in [2.24, 2.45) is 11.7 Å². The van der Waals surface area contributed by atoms with Crippen LogP contribution in [0, 0.1) is 5.92 Å². The van der Waals surface area contributed by atoms with Crippen molar-refractivity contribution in [2.75, 3.05) is 13.2 Å². The molecule has 2 rings (SSSR count). The topological polar surface area (TPSA) is 64.4 Å². The van der Waals surface area contributed by atoms with Crippen molar-refractivity contribution in [1.29, 1.82) is 0 Å². The van der Waals surface area contributed by atoms with Crippen molar-refractivity contribution in [3.63, 3.8) is 0 Å². The molecular weight excluding hydrogens is 264 g/mol. The van der Waals surface area contributed by atoms with Crippen molar-refractivity contribution in [3.8, 4) is 0 Å². The maximum Gasteiger partial charge on any atom is 0.240 e. The second kappa shape index (κ2) is 8.14. The third-order valence-electron chi connectivity index (χ3n) is 5.00. The second-order valence-corrected chi connectivity index (χ2v) is 7.10. The lowest BCUT2D eigenvalue weighted by Crippen LogP contribution is -2.56. The average molecular weight is 296 g/mol. The molecule has 2 aliphatic carbocycles. The highest BCUT2D eigenvalue weighted by atomic mass is 16.5. The number of carbonyl (C=O) groups is 1. The van der Waals surface area contributed by atoms with E-state index in [1.165, 1.54) is 38.5 Å². The summed E-state index contributed by atoms with van der Waals surface area (Å²) in [6.45, 7) is 3.61. The summed E-state index contributed by atoms with van der Waals surface area (Å²) < 4.78 is 5.87. The number of nitrogens with one attached hydrogen (secondary N) is 1. The van der Waals surface area contributed by atoms with Gasteiger partial charge in [0, 0.05) is 13.2 Å². The Hall–Kier alpha value is -0.610. The van der Waals surface area contributed by atoms with E-state index >= 15 is 0 Å². The van der Waals surface area contributed by atoms with E-state index in [9.17, 15) is 4.79 Å². The van der Waals surface area contributed by atoms with Crippen LogP contribution in [0.1, 0.15) is 71.1 Å². The van der Waals surface area contributed by atoms with Crippen LogP contribution in [-0.2, 0) is 9.53 Å². The molecule has 0 saturated heterocycles. The zero-order chi connectivity index (χ0) is 15.1. The van der Waals surface area contributed by atoms with E-state index in [4.69, 9.17) is 10.5 Å². The fourth-order valence-corrected chi connectivity index (χ4v) is 3.73. The van der Waals surface area contributed by atoms with E-state index in [2.05, 4.69) is 12.2 Å². The number of hydrogen-bond acceptors (Lipinski definition) is 3. The average Bonchev–Trinajstić information content (AvgIpc) is 2.47. The van der Waals surface area contributed by atoms with Crippen molar-refractivity contribution in [3.05, 3.63) is 0 Å². The number of hydrogen-bond donors (Lipinski definition) is 2. The van der Waals surface area contributed by atoms with Crippen LogP contribution in [0.25, 0.3) is 0 Å². The minimum Gasteiger partial charge on any atom is -0.378 e. The predicted octanol–water partition coefficient (Wildman–Crippen LogP) is 2.75. The lowest BCUT2D eigenvalue weighted by Gasteiger charge is -2.35. The molecule has 0 bridgehead atoms. The van der Waals surface area contributed by atoms with Gasteiger partial charge in [0.2, 0.25) is 5.91 Å². The molecule has 0 aromatic carbocycles. The molecule has 4 heteroatoms. The summed E-state index contributed by atoms with van der Waals surface area (Å²) in [5.74, 6) is 0.593. The first-order chi connectivity index (χ1) is 10.1. The monoisotopic (exact) mass is 296 g/mol. The number of ether oxygens (including phenoxy) is 1. The molecule has 21 heavy (non-hydrogen) atoms. The van der Waals surface area contributed by atoms with Crippen LogP contribution in [0.3, 0.4) is 0 Å². The van der Waals surface area contributed by atoms with Crippen molar-refractivity contribution < 1.29 is 9.53 Å². The van der Waals surface area contributed by atoms with Gasteiger partial charge in [-0.15, -0.1) is 0 Å². The maximum atomic E-state index is 12.3. The highest BCUT2D eigenvalue weighted by molar-refractivity contribution is 5.86. The molecule has 2 aliphatic rings. The van der Waals surface area contributed by atoms with E-state index in [0.717, 1.165) is 32.3 Å². The molecule has 0 aromatic heterocycles. The SMILES string of the molecule is CC1CCCC(N)(C(=O)NCCCOC2CCCCC2)C1. The standard InChI is InChI=1S/C17H32N2O2/c1-14-7-5-10-17(18,13-14)16(20)19-11-6-12-21-15-8-3-2-4-9-15/h14-15H,2-13,18H2,1H3,(H,19,20). The van der Waals surface area contributed by atoms with Gasteiger partial charge in [-0.25, -0.2) is 0 Å². The van der Waals surface area contributed by atoms with Crippen molar-refractivity contribution in [1.82, 2.24) is 5.32 Å². The van der Waals surface area contributed by atoms with Gasteiger partial charge in [0.15, 0.2) is 0 Å². The van der Waals surface area contributed by atoms with E-state index in [0.29, 0.717) is 18.6 Å². The van der Waals surface area contributed by atoms with Crippen LogP contribution in [0.4, 0.5) is 0 Å². The molecule has 2 saturated carbocycles. The van der Waals surface area contributed by atoms with Crippen LogP contribution >= 0.6 is 0 Å². The van der Waals surface area contributed by atoms with Gasteiger partial charge in [-0.2, -0.15) is 0 Å². The van der Waals surface area contributed by atoms with Gasteiger partial charge in [0.1, 0.15) is 0 Å². The van der Waals surface area contributed by atoms with Crippen LogP contribution in [0.2, 0.25) is 0 Å². The molecular formula is C17H32N2O2. The summed E-state index contributed by atoms with van der Waals surface area (Å²) in [4.78, 5) is 12.3. The van der Waals surface area contributed by atoms with Gasteiger partial charge in [-0.3, -0.25) is 4.79 Å². The minimum atomic E-state index is -0.637. The van der Waals surface area contributed by atoms with E-state index in [-0.39, 0.29) is 5.91 Å². The quantitative estimate of drug-likeness (QED) is 0.741. The van der Waals surface area contributed by atoms with Crippen molar-refractivity contribution >= 4 is 5.91 Å². The third kappa shape index (κ3) is 5.26. The predicted molar refractivity (Wildman–Crippen MR) is 85.0 cm³/mol. The number of nitrogens with two attached hydrogens (primary N) is 1. The van der Waals surface area contributed by atoms with Crippen LogP contribution in [-0.4, -0.2) is 30.7 Å². The first-order valence-electron chi connectivity index (χ1n) is 8.79. The zero-order valence-electron chi connectivity index (χ0n) is 13.5. The maximum absolute atomic E-state index is 12.3. The number of rotatable bonds is 6. The molecule has 0 spiro atoms. The van der Waals surface area contributed by atoms with Crippen LogP contribution in [0.15, 0.2) is 0 Å². The molecule has 4 nitrogen and oxygen atoms in total. The largest absolute Gasteiger partial charge is 0.378 e. The Morgan fingerprint density at radius 3 is 2.71 bits per heavy atom. The number of amides is 1. The second-order valence-electron chi connectivity index (χ2n) is 7.10.